The molecule has 2 aromatic carbocycles. The number of nitrogens with zero attached hydrogens (tertiary/aromatic N) is 5. The molecule has 0 unspecified atom stereocenters. The third-order valence-electron chi connectivity index (χ3n) is 5.98. The van der Waals surface area contributed by atoms with Gasteiger partial charge >= 0.3 is 23.7 Å². The average Bonchev–Trinajstić information content (AvgIpc) is 2.95. The molecule has 2 aromatic heterocycles. The first-order chi connectivity index (χ1) is 22.7. The summed E-state index contributed by atoms with van der Waals surface area (Å²) in [5.41, 5.74) is -5.66. The molecule has 4 rings (SSSR count). The fourth-order valence-corrected chi connectivity index (χ4v) is 4.17. The number of nitrogen functional groups attached to an aromatic ring is 1. The molecule has 0 amide bonds. The summed E-state index contributed by atoms with van der Waals surface area (Å²) in [6.07, 6.45) is -9.89. The van der Waals surface area contributed by atoms with Crippen LogP contribution in [0.15, 0.2) is 55.6 Å². The van der Waals surface area contributed by atoms with Gasteiger partial charge in [0.05, 0.1) is 27.0 Å². The second kappa shape index (κ2) is 16.4. The van der Waals surface area contributed by atoms with Gasteiger partial charge in [-0.3, -0.25) is 33.6 Å². The average molecular weight is 821 g/mol. The molecule has 0 spiro atoms. The molecule has 0 aliphatic heterocycles. The Bertz CT molecular complexity index is 2250. The molecule has 278 valence electrons. The van der Waals surface area contributed by atoms with Crippen molar-refractivity contribution >= 4 is 40.5 Å². The maximum absolute atomic E-state index is 14.0. The number of anilines is 1. The summed E-state index contributed by atoms with van der Waals surface area (Å²) in [5, 5.41) is 17.5. The second-order valence-electron chi connectivity index (χ2n) is 9.44. The molecule has 0 radical (unpaired) electrons. The number of nitrogens with two attached hydrogens (primary N) is 1. The van der Waals surface area contributed by atoms with Crippen molar-refractivity contribution in [2.24, 2.45) is 14.1 Å². The number of carboxylic acids is 1. The van der Waals surface area contributed by atoms with E-state index >= 15 is 0 Å². The van der Waals surface area contributed by atoms with Crippen LogP contribution in [-0.4, -0.2) is 34.3 Å². The molecule has 0 saturated heterocycles. The summed E-state index contributed by atoms with van der Waals surface area (Å²) in [6.45, 7) is 1.08. The molecule has 3 N–H and O–H groups in total. The molecule has 0 bridgehead atoms. The van der Waals surface area contributed by atoms with Gasteiger partial charge in [0.15, 0.2) is 0 Å². The zero-order valence-electron chi connectivity index (χ0n) is 25.2. The molecule has 0 atom stereocenters. The Balaban J connectivity index is 0.000000455. The maximum atomic E-state index is 14.0. The molecule has 0 aliphatic rings. The minimum absolute atomic E-state index is 0. The van der Waals surface area contributed by atoms with Crippen molar-refractivity contribution in [2.75, 3.05) is 5.73 Å². The zero-order chi connectivity index (χ0) is 38.8. The monoisotopic (exact) mass is 820 g/mol. The molecule has 2 heterocycles. The van der Waals surface area contributed by atoms with Crippen molar-refractivity contribution in [1.29, 1.82) is 0 Å². The molecular formula is C26H18Cl2F8FeN6O8. The summed E-state index contributed by atoms with van der Waals surface area (Å²) >= 11 is 11.1. The standard InChI is InChI=1S/C12H6ClF4N3O4.C12H8ClF4N3O2.C2H4O2.Fe/c1-18-9(12(15,16)17)4-10(21)19(11(18)22)8-3-7(20(23)24)5(13)2-6(8)14;1-19-9(12(15,16)17)4-10(21)20(11(19)22)8-3-7(18)5(13)2-6(8)14;1-2(3)4;/h2-4H,1H3;2-4H,18H2,1H3;1H3,(H,3,4);. The van der Waals surface area contributed by atoms with E-state index in [2.05, 4.69) is 0 Å². The van der Waals surface area contributed by atoms with Gasteiger partial charge in [-0.1, -0.05) is 23.2 Å². The van der Waals surface area contributed by atoms with Crippen LogP contribution < -0.4 is 28.2 Å². The normalized spacial score (nSPS) is 11.0. The van der Waals surface area contributed by atoms with E-state index in [-0.39, 0.29) is 58.2 Å². The van der Waals surface area contributed by atoms with Crippen LogP contribution in [0.5, 0.6) is 0 Å². The molecule has 0 fully saturated rings. The Morgan fingerprint density at radius 1 is 0.765 bits per heavy atom. The minimum Gasteiger partial charge on any atom is -0.481 e. The number of benzene rings is 2. The van der Waals surface area contributed by atoms with Crippen molar-refractivity contribution in [3.8, 4) is 11.4 Å². The Hall–Kier alpha value is -4.99. The van der Waals surface area contributed by atoms with Crippen LogP contribution in [0, 0.1) is 21.7 Å². The zero-order valence-corrected chi connectivity index (χ0v) is 27.8. The van der Waals surface area contributed by atoms with Gasteiger partial charge < -0.3 is 10.8 Å². The predicted octanol–water partition coefficient (Wildman–Crippen LogP) is 4.27. The van der Waals surface area contributed by atoms with E-state index in [1.54, 1.807) is 0 Å². The molecule has 0 saturated carbocycles. The number of alkyl halides is 6. The molecular weight excluding hydrogens is 803 g/mol. The summed E-state index contributed by atoms with van der Waals surface area (Å²) in [6, 6.07) is 2.92. The van der Waals surface area contributed by atoms with Crippen LogP contribution in [0.1, 0.15) is 18.3 Å². The van der Waals surface area contributed by atoms with E-state index in [1.165, 1.54) is 0 Å². The van der Waals surface area contributed by atoms with Gasteiger partial charge in [-0.25, -0.2) is 27.5 Å². The van der Waals surface area contributed by atoms with Crippen molar-refractivity contribution in [1.82, 2.24) is 18.3 Å². The van der Waals surface area contributed by atoms with Crippen LogP contribution in [0.4, 0.5) is 46.5 Å². The first-order valence-corrected chi connectivity index (χ1v) is 13.4. The number of rotatable bonds is 3. The number of halogens is 10. The first kappa shape index (κ1) is 44.0. The molecule has 51 heavy (non-hydrogen) atoms. The van der Waals surface area contributed by atoms with Crippen molar-refractivity contribution in [3.05, 3.63) is 121 Å². The molecule has 4 aromatic rings. The Morgan fingerprint density at radius 3 is 1.43 bits per heavy atom. The van der Waals surface area contributed by atoms with Crippen LogP contribution >= 0.6 is 23.2 Å². The summed E-state index contributed by atoms with van der Waals surface area (Å²) in [4.78, 5) is 66.5. The van der Waals surface area contributed by atoms with Crippen LogP contribution in [0.2, 0.25) is 10.0 Å². The number of nitro groups is 1. The van der Waals surface area contributed by atoms with E-state index in [1.807, 2.05) is 0 Å². The fourth-order valence-electron chi connectivity index (χ4n) is 3.80. The van der Waals surface area contributed by atoms with E-state index in [4.69, 9.17) is 38.8 Å². The predicted molar refractivity (Wildman–Crippen MR) is 159 cm³/mol. The largest absolute Gasteiger partial charge is 0.481 e. The fraction of sp³-hybridized carbons (Fsp3) is 0.192. The van der Waals surface area contributed by atoms with Crippen LogP contribution in [-0.2, 0) is 48.3 Å². The molecule has 0 aliphatic carbocycles. The van der Waals surface area contributed by atoms with Gasteiger partial charge in [0.1, 0.15) is 28.0 Å². The summed E-state index contributed by atoms with van der Waals surface area (Å²) < 4.78 is 105. The van der Waals surface area contributed by atoms with Gasteiger partial charge in [-0.15, -0.1) is 0 Å². The quantitative estimate of drug-likeness (QED) is 0.0998. The van der Waals surface area contributed by atoms with Gasteiger partial charge in [-0.05, 0) is 12.1 Å². The maximum Gasteiger partial charge on any atom is 0.431 e. The van der Waals surface area contributed by atoms with Gasteiger partial charge in [-0.2, -0.15) is 26.3 Å². The Labute approximate surface area is 297 Å². The number of hydrogen-bond donors (Lipinski definition) is 2. The van der Waals surface area contributed by atoms with E-state index in [0.29, 0.717) is 12.1 Å². The van der Waals surface area contributed by atoms with Crippen molar-refractivity contribution < 1.29 is 67.0 Å². The third kappa shape index (κ3) is 10.1. The summed E-state index contributed by atoms with van der Waals surface area (Å²) in [7, 11) is 1.54. The Morgan fingerprint density at radius 2 is 1.10 bits per heavy atom. The number of carboxylic acid groups (broad SMARTS) is 1. The number of aliphatic carboxylic acids is 1. The van der Waals surface area contributed by atoms with Gasteiger partial charge in [0, 0.05) is 62.4 Å². The topological polar surface area (TPSA) is 194 Å². The van der Waals surface area contributed by atoms with E-state index in [9.17, 15) is 64.4 Å². The molecule has 25 heteroatoms. The summed E-state index contributed by atoms with van der Waals surface area (Å²) in [5.74, 6) is -3.19. The second-order valence-corrected chi connectivity index (χ2v) is 10.3. The number of aromatic nitrogens is 4. The van der Waals surface area contributed by atoms with Crippen molar-refractivity contribution in [2.45, 2.75) is 19.3 Å². The first-order valence-electron chi connectivity index (χ1n) is 12.6. The van der Waals surface area contributed by atoms with Gasteiger partial charge in [0.25, 0.3) is 22.8 Å². The minimum atomic E-state index is -4.99. The van der Waals surface area contributed by atoms with Gasteiger partial charge in [0.2, 0.25) is 0 Å². The number of hydrogen-bond acceptors (Lipinski definition) is 8. The van der Waals surface area contributed by atoms with Crippen LogP contribution in [0.25, 0.3) is 11.4 Å². The van der Waals surface area contributed by atoms with E-state index < -0.39 is 90.9 Å². The Kier molecular flexibility index (Phi) is 14.1. The SMILES string of the molecule is CC(=O)O.Cn1c(C(F)(F)F)cc(=O)n(-c2cc(N)c(Cl)cc2F)c1=O.Cn1c(C(F)(F)F)cc(=O)n(-c2cc([N+](=O)[O-])c(Cl)cc2F)c1=O.[Fe]. The third-order valence-corrected chi connectivity index (χ3v) is 6.61. The number of nitro benzene ring substituents is 1. The van der Waals surface area contributed by atoms with Crippen molar-refractivity contribution in [3.63, 3.8) is 0 Å². The smallest absolute Gasteiger partial charge is 0.431 e. The van der Waals surface area contributed by atoms with E-state index in [0.717, 1.165) is 33.2 Å². The number of carbonyl (C=O) groups is 1. The molecule has 14 nitrogen and oxygen atoms in total. The van der Waals surface area contributed by atoms with Crippen LogP contribution in [0.3, 0.4) is 0 Å².